The van der Waals surface area contributed by atoms with Crippen LogP contribution in [0.3, 0.4) is 0 Å². The van der Waals surface area contributed by atoms with Gasteiger partial charge in [-0.3, -0.25) is 14.4 Å². The second-order valence-corrected chi connectivity index (χ2v) is 16.7. The van der Waals surface area contributed by atoms with E-state index < -0.39 is 6.10 Å². The molecule has 0 aromatic carbocycles. The molecule has 0 rings (SSSR count). The second-order valence-electron chi connectivity index (χ2n) is 16.7. The number of hydrogen-bond donors (Lipinski definition) is 0. The fraction of sp³-hybridized carbons (Fsp3) is 0.557. The molecule has 67 heavy (non-hydrogen) atoms. The second kappa shape index (κ2) is 53.9. The monoisotopic (exact) mass is 923 g/mol. The van der Waals surface area contributed by atoms with Crippen molar-refractivity contribution in [2.45, 2.75) is 207 Å². The zero-order valence-electron chi connectivity index (χ0n) is 42.6. The van der Waals surface area contributed by atoms with E-state index in [1.54, 1.807) is 0 Å². The highest BCUT2D eigenvalue weighted by Gasteiger charge is 2.19. The maximum Gasteiger partial charge on any atom is 0.306 e. The van der Waals surface area contributed by atoms with E-state index in [2.05, 4.69) is 167 Å². The van der Waals surface area contributed by atoms with E-state index in [9.17, 15) is 14.4 Å². The van der Waals surface area contributed by atoms with Crippen molar-refractivity contribution >= 4 is 17.9 Å². The summed E-state index contributed by atoms with van der Waals surface area (Å²) in [6.07, 6.45) is 77.0. The molecule has 0 aliphatic carbocycles. The predicted molar refractivity (Wildman–Crippen MR) is 288 cm³/mol. The highest BCUT2D eigenvalue weighted by atomic mass is 16.6. The van der Waals surface area contributed by atoms with Crippen molar-refractivity contribution in [3.63, 3.8) is 0 Å². The van der Waals surface area contributed by atoms with E-state index in [1.807, 2.05) is 0 Å². The molecular formula is C61H94O6. The summed E-state index contributed by atoms with van der Waals surface area (Å²) in [5, 5.41) is 0. The van der Waals surface area contributed by atoms with Crippen LogP contribution in [0, 0.1) is 0 Å². The third kappa shape index (κ3) is 52.1. The van der Waals surface area contributed by atoms with Gasteiger partial charge in [-0.25, -0.2) is 0 Å². The largest absolute Gasteiger partial charge is 0.462 e. The van der Waals surface area contributed by atoms with Crippen LogP contribution in [-0.2, 0) is 28.6 Å². The van der Waals surface area contributed by atoms with E-state index in [4.69, 9.17) is 14.2 Å². The van der Waals surface area contributed by atoms with Crippen LogP contribution in [0.25, 0.3) is 0 Å². The lowest BCUT2D eigenvalue weighted by Crippen LogP contribution is -2.30. The molecule has 0 saturated heterocycles. The van der Waals surface area contributed by atoms with Gasteiger partial charge in [-0.2, -0.15) is 0 Å². The Morgan fingerprint density at radius 1 is 0.313 bits per heavy atom. The number of hydrogen-bond acceptors (Lipinski definition) is 6. The first kappa shape index (κ1) is 62.3. The predicted octanol–water partition coefficient (Wildman–Crippen LogP) is 17.6. The molecule has 0 aliphatic rings. The van der Waals surface area contributed by atoms with Gasteiger partial charge >= 0.3 is 17.9 Å². The molecule has 0 aliphatic heterocycles. The number of allylic oxidation sites excluding steroid dienone is 24. The van der Waals surface area contributed by atoms with E-state index in [0.717, 1.165) is 89.9 Å². The topological polar surface area (TPSA) is 78.9 Å². The van der Waals surface area contributed by atoms with E-state index in [1.165, 1.54) is 51.4 Å². The summed E-state index contributed by atoms with van der Waals surface area (Å²) >= 11 is 0. The average molecular weight is 923 g/mol. The number of ether oxygens (including phenoxy) is 3. The Morgan fingerprint density at radius 3 is 0.896 bits per heavy atom. The molecule has 0 amide bonds. The van der Waals surface area contributed by atoms with Crippen LogP contribution in [0.15, 0.2) is 146 Å². The summed E-state index contributed by atoms with van der Waals surface area (Å²) in [7, 11) is 0. The molecule has 0 spiro atoms. The fourth-order valence-electron chi connectivity index (χ4n) is 6.36. The minimum Gasteiger partial charge on any atom is -0.462 e. The van der Waals surface area contributed by atoms with Crippen LogP contribution < -0.4 is 0 Å². The van der Waals surface area contributed by atoms with Gasteiger partial charge in [0.05, 0.1) is 0 Å². The van der Waals surface area contributed by atoms with Gasteiger partial charge in [0.25, 0.3) is 0 Å². The zero-order chi connectivity index (χ0) is 48.6. The highest BCUT2D eigenvalue weighted by Crippen LogP contribution is 2.09. The Bertz CT molecular complexity index is 1530. The quantitative estimate of drug-likeness (QED) is 0.0262. The first-order valence-electron chi connectivity index (χ1n) is 26.3. The number of carbonyl (C=O) groups is 3. The van der Waals surface area contributed by atoms with Crippen molar-refractivity contribution < 1.29 is 28.6 Å². The molecule has 374 valence electrons. The van der Waals surface area contributed by atoms with Gasteiger partial charge in [-0.05, 0) is 135 Å². The lowest BCUT2D eigenvalue weighted by Gasteiger charge is -2.18. The number of rotatable bonds is 45. The average Bonchev–Trinajstić information content (AvgIpc) is 3.33. The number of unbranched alkanes of at least 4 members (excludes halogenated alkanes) is 10. The van der Waals surface area contributed by atoms with Crippen LogP contribution in [0.5, 0.6) is 0 Å². The lowest BCUT2D eigenvalue weighted by molar-refractivity contribution is -0.167. The van der Waals surface area contributed by atoms with Gasteiger partial charge in [0.2, 0.25) is 0 Å². The Morgan fingerprint density at radius 2 is 0.582 bits per heavy atom. The van der Waals surface area contributed by atoms with Gasteiger partial charge in [0.15, 0.2) is 6.10 Å². The Labute approximate surface area is 410 Å². The fourth-order valence-corrected chi connectivity index (χ4v) is 6.36. The maximum atomic E-state index is 12.8. The van der Waals surface area contributed by atoms with Crippen LogP contribution >= 0.6 is 0 Å². The van der Waals surface area contributed by atoms with Gasteiger partial charge in [0, 0.05) is 19.3 Å². The third-order valence-corrected chi connectivity index (χ3v) is 10.3. The van der Waals surface area contributed by atoms with Crippen LogP contribution in [-0.4, -0.2) is 37.2 Å². The SMILES string of the molecule is CC/C=C\C/C=C\C/C=C\C/C=C\C/C=C\CCCC(=O)OC[C@H](COC(=O)CCC/C=C\C/C=C\C/C=C\C/C=C\CCCCC)OC(=O)CCCC/C=C\C/C=C\C/C=C\CCCCC. The van der Waals surface area contributed by atoms with Crippen molar-refractivity contribution in [1.29, 1.82) is 0 Å². The highest BCUT2D eigenvalue weighted by molar-refractivity contribution is 5.71. The minimum absolute atomic E-state index is 0.146. The molecule has 0 aromatic heterocycles. The van der Waals surface area contributed by atoms with E-state index in [0.29, 0.717) is 19.3 Å². The minimum atomic E-state index is -0.849. The van der Waals surface area contributed by atoms with Crippen molar-refractivity contribution in [2.75, 3.05) is 13.2 Å². The molecule has 0 N–H and O–H groups in total. The molecule has 6 nitrogen and oxygen atoms in total. The van der Waals surface area contributed by atoms with Crippen LogP contribution in [0.1, 0.15) is 201 Å². The Balaban J connectivity index is 4.66. The van der Waals surface area contributed by atoms with Crippen molar-refractivity contribution in [3.05, 3.63) is 146 Å². The summed E-state index contributed by atoms with van der Waals surface area (Å²) < 4.78 is 16.7. The standard InChI is InChI=1S/C61H94O6/c1-4-7-10-13-16-19-22-25-28-30-33-35-38-41-44-47-50-53-59(62)65-56-58(67-61(64)55-52-49-46-43-40-37-32-27-24-21-18-15-12-9-6-3)57-66-60(63)54-51-48-45-42-39-36-34-31-29-26-23-20-17-14-11-8-5-2/h7,10,16-21,25-29,32-36,40-45,58H,4-6,8-9,11-15,22-24,30-31,37-39,46-57H2,1-3H3/b10-7-,19-16-,20-17-,21-18-,28-25-,29-26-,32-27-,35-33-,36-34-,43-40-,44-41-,45-42-/t58-/m1/s1. The molecule has 0 heterocycles. The molecule has 0 aromatic rings. The summed E-state index contributed by atoms with van der Waals surface area (Å²) in [5.41, 5.74) is 0. The summed E-state index contributed by atoms with van der Waals surface area (Å²) in [4.78, 5) is 38.0. The molecule has 1 atom stereocenters. The summed E-state index contributed by atoms with van der Waals surface area (Å²) in [6.45, 7) is 6.31. The molecule has 0 radical (unpaired) electrons. The molecule has 0 unspecified atom stereocenters. The lowest BCUT2D eigenvalue weighted by atomic mass is 10.1. The van der Waals surface area contributed by atoms with Gasteiger partial charge in [0.1, 0.15) is 13.2 Å². The first-order chi connectivity index (χ1) is 33.0. The molecule has 6 heteroatoms. The summed E-state index contributed by atoms with van der Waals surface area (Å²) in [6, 6.07) is 0. The number of carbonyl (C=O) groups excluding carboxylic acids is 3. The Hall–Kier alpha value is -4.71. The van der Waals surface area contributed by atoms with E-state index in [-0.39, 0.29) is 50.4 Å². The third-order valence-electron chi connectivity index (χ3n) is 10.3. The molecule has 0 saturated carbocycles. The van der Waals surface area contributed by atoms with Crippen LogP contribution in [0.4, 0.5) is 0 Å². The van der Waals surface area contributed by atoms with Crippen molar-refractivity contribution in [2.24, 2.45) is 0 Å². The van der Waals surface area contributed by atoms with Gasteiger partial charge in [-0.1, -0.05) is 192 Å². The molecular weight excluding hydrogens is 829 g/mol. The van der Waals surface area contributed by atoms with Gasteiger partial charge in [-0.15, -0.1) is 0 Å². The van der Waals surface area contributed by atoms with Crippen molar-refractivity contribution in [1.82, 2.24) is 0 Å². The smallest absolute Gasteiger partial charge is 0.306 e. The number of esters is 3. The normalized spacial score (nSPS) is 13.3. The maximum absolute atomic E-state index is 12.8. The zero-order valence-corrected chi connectivity index (χ0v) is 42.6. The Kier molecular flexibility index (Phi) is 50.1. The van der Waals surface area contributed by atoms with Crippen molar-refractivity contribution in [3.8, 4) is 0 Å². The van der Waals surface area contributed by atoms with Gasteiger partial charge < -0.3 is 14.2 Å². The van der Waals surface area contributed by atoms with Crippen LogP contribution in [0.2, 0.25) is 0 Å². The summed E-state index contributed by atoms with van der Waals surface area (Å²) in [5.74, 6) is -1.11. The molecule has 0 fully saturated rings. The molecule has 0 bridgehead atoms. The van der Waals surface area contributed by atoms with E-state index >= 15 is 0 Å². The first-order valence-corrected chi connectivity index (χ1v) is 26.3.